The summed E-state index contributed by atoms with van der Waals surface area (Å²) in [6, 6.07) is 3.70. The topological polar surface area (TPSA) is 29.1 Å². The van der Waals surface area contributed by atoms with E-state index >= 15 is 0 Å². The summed E-state index contributed by atoms with van der Waals surface area (Å²) in [5.74, 6) is -0.00130. The van der Waals surface area contributed by atoms with E-state index in [0.29, 0.717) is 11.4 Å². The van der Waals surface area contributed by atoms with Crippen LogP contribution in [-0.2, 0) is 0 Å². The largest absolute Gasteiger partial charge is 0.350 e. The first-order chi connectivity index (χ1) is 6.63. The second-order valence-corrected chi connectivity index (χ2v) is 6.58. The van der Waals surface area contributed by atoms with Gasteiger partial charge in [-0.05, 0) is 34.5 Å². The van der Waals surface area contributed by atoms with Gasteiger partial charge < -0.3 is 5.32 Å². The third-order valence-corrected chi connectivity index (χ3v) is 4.32. The molecule has 78 valence electrons. The standard InChI is InChI=1S/C9H11Br2NOS/c1-2-6(10)5-12-9(13)7-3-4-8(11)14-7/h3-4,6H,2,5H2,1H3,(H,12,13). The summed E-state index contributed by atoms with van der Waals surface area (Å²) in [5, 5.41) is 2.87. The summed E-state index contributed by atoms with van der Waals surface area (Å²) >= 11 is 8.23. The second kappa shape index (κ2) is 5.88. The van der Waals surface area contributed by atoms with Crippen molar-refractivity contribution in [3.05, 3.63) is 20.8 Å². The highest BCUT2D eigenvalue weighted by atomic mass is 79.9. The van der Waals surface area contributed by atoms with Crippen LogP contribution < -0.4 is 5.32 Å². The highest BCUT2D eigenvalue weighted by Gasteiger charge is 2.09. The number of thiophene rings is 1. The van der Waals surface area contributed by atoms with Crippen molar-refractivity contribution in [2.24, 2.45) is 0 Å². The fraction of sp³-hybridized carbons (Fsp3) is 0.444. The van der Waals surface area contributed by atoms with Crippen LogP contribution in [0.15, 0.2) is 15.9 Å². The van der Waals surface area contributed by atoms with Crippen molar-refractivity contribution in [2.45, 2.75) is 18.2 Å². The molecule has 1 aromatic heterocycles. The van der Waals surface area contributed by atoms with Gasteiger partial charge in [0.25, 0.3) is 5.91 Å². The lowest BCUT2D eigenvalue weighted by Gasteiger charge is -2.07. The zero-order valence-electron chi connectivity index (χ0n) is 7.72. The van der Waals surface area contributed by atoms with E-state index < -0.39 is 0 Å². The molecule has 1 rings (SSSR count). The molecule has 0 saturated carbocycles. The number of hydrogen-bond donors (Lipinski definition) is 1. The van der Waals surface area contributed by atoms with Crippen LogP contribution >= 0.6 is 43.2 Å². The number of nitrogens with one attached hydrogen (secondary N) is 1. The molecule has 0 aromatic carbocycles. The monoisotopic (exact) mass is 339 g/mol. The zero-order chi connectivity index (χ0) is 10.6. The van der Waals surface area contributed by atoms with E-state index in [-0.39, 0.29) is 5.91 Å². The van der Waals surface area contributed by atoms with Gasteiger partial charge >= 0.3 is 0 Å². The zero-order valence-corrected chi connectivity index (χ0v) is 11.7. The van der Waals surface area contributed by atoms with Crippen molar-refractivity contribution < 1.29 is 4.79 Å². The molecule has 0 saturated heterocycles. The summed E-state index contributed by atoms with van der Waals surface area (Å²) in [6.07, 6.45) is 1.01. The maximum absolute atomic E-state index is 11.5. The molecule has 0 aliphatic heterocycles. The third kappa shape index (κ3) is 3.71. The van der Waals surface area contributed by atoms with E-state index in [1.165, 1.54) is 11.3 Å². The molecule has 0 spiro atoms. The second-order valence-electron chi connectivity index (χ2n) is 2.82. The quantitative estimate of drug-likeness (QED) is 0.836. The van der Waals surface area contributed by atoms with Crippen LogP contribution in [0.2, 0.25) is 0 Å². The molecule has 0 bridgehead atoms. The maximum Gasteiger partial charge on any atom is 0.261 e. The molecule has 1 N–H and O–H groups in total. The fourth-order valence-electron chi connectivity index (χ4n) is 0.871. The molecule has 1 unspecified atom stereocenters. The minimum absolute atomic E-state index is 0.00130. The molecule has 14 heavy (non-hydrogen) atoms. The number of hydrogen-bond acceptors (Lipinski definition) is 2. The van der Waals surface area contributed by atoms with Gasteiger partial charge in [-0.25, -0.2) is 0 Å². The summed E-state index contributed by atoms with van der Waals surface area (Å²) < 4.78 is 0.980. The molecular weight excluding hydrogens is 330 g/mol. The van der Waals surface area contributed by atoms with Gasteiger partial charge in [0, 0.05) is 11.4 Å². The molecule has 2 nitrogen and oxygen atoms in total. The lowest BCUT2D eigenvalue weighted by Crippen LogP contribution is -2.28. The number of alkyl halides is 1. The normalized spacial score (nSPS) is 12.5. The first-order valence-electron chi connectivity index (χ1n) is 4.31. The molecule has 5 heteroatoms. The van der Waals surface area contributed by atoms with Gasteiger partial charge in [0.1, 0.15) is 0 Å². The van der Waals surface area contributed by atoms with E-state index in [4.69, 9.17) is 0 Å². The van der Waals surface area contributed by atoms with Crippen molar-refractivity contribution in [3.63, 3.8) is 0 Å². The van der Waals surface area contributed by atoms with E-state index in [9.17, 15) is 4.79 Å². The van der Waals surface area contributed by atoms with Crippen molar-refractivity contribution in [2.75, 3.05) is 6.54 Å². The Bertz CT molecular complexity index is 314. The fourth-order valence-corrected chi connectivity index (χ4v) is 2.34. The Kier molecular flexibility index (Phi) is 5.12. The summed E-state index contributed by atoms with van der Waals surface area (Å²) in [7, 11) is 0. The van der Waals surface area contributed by atoms with Gasteiger partial charge in [-0.15, -0.1) is 11.3 Å². The number of carbonyl (C=O) groups excluding carboxylic acids is 1. The molecule has 0 aliphatic carbocycles. The Morgan fingerprint density at radius 3 is 2.86 bits per heavy atom. The first kappa shape index (κ1) is 12.2. The van der Waals surface area contributed by atoms with Crippen molar-refractivity contribution in [1.29, 1.82) is 0 Å². The molecule has 1 aromatic rings. The van der Waals surface area contributed by atoms with Crippen LogP contribution in [0.4, 0.5) is 0 Å². The van der Waals surface area contributed by atoms with E-state index in [0.717, 1.165) is 15.1 Å². The van der Waals surface area contributed by atoms with Crippen LogP contribution in [0.5, 0.6) is 0 Å². The number of amides is 1. The lowest BCUT2D eigenvalue weighted by atomic mass is 10.3. The Hall–Kier alpha value is 0.130. The minimum Gasteiger partial charge on any atom is -0.350 e. The molecule has 0 fully saturated rings. The molecule has 1 heterocycles. The van der Waals surface area contributed by atoms with Crippen molar-refractivity contribution in [3.8, 4) is 0 Å². The van der Waals surface area contributed by atoms with Gasteiger partial charge in [0.2, 0.25) is 0 Å². The molecule has 1 amide bonds. The number of halogens is 2. The maximum atomic E-state index is 11.5. The third-order valence-electron chi connectivity index (χ3n) is 1.72. The summed E-state index contributed by atoms with van der Waals surface area (Å²) in [5.41, 5.74) is 0. The van der Waals surface area contributed by atoms with Gasteiger partial charge in [0.05, 0.1) is 8.66 Å². The number of carbonyl (C=O) groups is 1. The van der Waals surface area contributed by atoms with Gasteiger partial charge in [-0.3, -0.25) is 4.79 Å². The molecular formula is C9H11Br2NOS. The van der Waals surface area contributed by atoms with Crippen LogP contribution in [0.25, 0.3) is 0 Å². The lowest BCUT2D eigenvalue weighted by molar-refractivity contribution is 0.0958. The van der Waals surface area contributed by atoms with Crippen LogP contribution in [-0.4, -0.2) is 17.3 Å². The smallest absolute Gasteiger partial charge is 0.261 e. The average molecular weight is 341 g/mol. The highest BCUT2D eigenvalue weighted by molar-refractivity contribution is 9.11. The van der Waals surface area contributed by atoms with E-state index in [1.807, 2.05) is 12.1 Å². The first-order valence-corrected chi connectivity index (χ1v) is 6.83. The van der Waals surface area contributed by atoms with Gasteiger partial charge in [-0.1, -0.05) is 22.9 Å². The highest BCUT2D eigenvalue weighted by Crippen LogP contribution is 2.21. The SMILES string of the molecule is CCC(Br)CNC(=O)c1ccc(Br)s1. The molecule has 1 atom stereocenters. The Morgan fingerprint density at radius 1 is 1.64 bits per heavy atom. The minimum atomic E-state index is -0.00130. The van der Waals surface area contributed by atoms with Gasteiger partial charge in [0.15, 0.2) is 0 Å². The van der Waals surface area contributed by atoms with Crippen molar-refractivity contribution in [1.82, 2.24) is 5.32 Å². The van der Waals surface area contributed by atoms with E-state index in [2.05, 4.69) is 44.1 Å². The Morgan fingerprint density at radius 2 is 2.36 bits per heavy atom. The number of rotatable bonds is 4. The van der Waals surface area contributed by atoms with Crippen LogP contribution in [0.1, 0.15) is 23.0 Å². The van der Waals surface area contributed by atoms with Crippen LogP contribution in [0, 0.1) is 0 Å². The molecule has 0 aliphatic rings. The molecule has 0 radical (unpaired) electrons. The Labute approximate surface area is 104 Å². The van der Waals surface area contributed by atoms with Crippen LogP contribution in [0.3, 0.4) is 0 Å². The van der Waals surface area contributed by atoms with E-state index in [1.54, 1.807) is 0 Å². The Balaban J connectivity index is 2.43. The van der Waals surface area contributed by atoms with Gasteiger partial charge in [-0.2, -0.15) is 0 Å². The predicted molar refractivity (Wildman–Crippen MR) is 67.4 cm³/mol. The summed E-state index contributed by atoms with van der Waals surface area (Å²) in [4.78, 5) is 12.6. The summed E-state index contributed by atoms with van der Waals surface area (Å²) in [6.45, 7) is 2.75. The van der Waals surface area contributed by atoms with Crippen molar-refractivity contribution >= 4 is 49.1 Å². The predicted octanol–water partition coefficient (Wildman–Crippen LogP) is 3.41. The average Bonchev–Trinajstić information content (AvgIpc) is 2.60.